The highest BCUT2D eigenvalue weighted by molar-refractivity contribution is 6.30. The van der Waals surface area contributed by atoms with E-state index in [2.05, 4.69) is 0 Å². The maximum atomic E-state index is 12.4. The minimum atomic E-state index is -0.256. The van der Waals surface area contributed by atoms with Gasteiger partial charge in [0.25, 0.3) is 5.91 Å². The molecule has 2 N–H and O–H groups in total. The van der Waals surface area contributed by atoms with Crippen molar-refractivity contribution in [3.8, 4) is 0 Å². The maximum Gasteiger partial charge on any atom is 0.254 e. The van der Waals surface area contributed by atoms with Crippen LogP contribution >= 0.6 is 11.6 Å². The van der Waals surface area contributed by atoms with Gasteiger partial charge >= 0.3 is 0 Å². The third-order valence-corrected chi connectivity index (χ3v) is 4.22. The van der Waals surface area contributed by atoms with Crippen molar-refractivity contribution < 1.29 is 14.3 Å². The summed E-state index contributed by atoms with van der Waals surface area (Å²) in [5, 5.41) is 0.539. The molecule has 0 aliphatic carbocycles. The van der Waals surface area contributed by atoms with E-state index in [-0.39, 0.29) is 24.3 Å². The summed E-state index contributed by atoms with van der Waals surface area (Å²) >= 11 is 5.92. The van der Waals surface area contributed by atoms with Crippen molar-refractivity contribution >= 4 is 23.4 Å². The lowest BCUT2D eigenvalue weighted by Gasteiger charge is -2.35. The van der Waals surface area contributed by atoms with Crippen LogP contribution in [0.4, 0.5) is 0 Å². The van der Waals surface area contributed by atoms with Gasteiger partial charge in [-0.25, -0.2) is 0 Å². The number of hydrogen-bond acceptors (Lipinski definition) is 4. The predicted octanol–water partition coefficient (Wildman–Crippen LogP) is 0.988. The summed E-state index contributed by atoms with van der Waals surface area (Å²) in [4.78, 5) is 28.1. The van der Waals surface area contributed by atoms with Crippen LogP contribution in [0.5, 0.6) is 0 Å². The highest BCUT2D eigenvalue weighted by Gasteiger charge is 2.26. The lowest BCUT2D eigenvalue weighted by molar-refractivity contribution is -0.135. The van der Waals surface area contributed by atoms with Crippen molar-refractivity contribution in [3.63, 3.8) is 0 Å². The first-order valence-electron chi connectivity index (χ1n) is 7.60. The Kier molecular flexibility index (Phi) is 6.38. The first kappa shape index (κ1) is 17.7. The Bertz CT molecular complexity index is 555. The first-order valence-corrected chi connectivity index (χ1v) is 7.98. The molecule has 0 bridgehead atoms. The van der Waals surface area contributed by atoms with Crippen molar-refractivity contribution in [2.75, 3.05) is 39.8 Å². The van der Waals surface area contributed by atoms with Gasteiger partial charge in [-0.1, -0.05) is 17.7 Å². The van der Waals surface area contributed by atoms with Gasteiger partial charge in [0.15, 0.2) is 0 Å². The van der Waals surface area contributed by atoms with Crippen molar-refractivity contribution in [1.82, 2.24) is 9.80 Å². The van der Waals surface area contributed by atoms with Gasteiger partial charge in [-0.05, 0) is 18.2 Å². The predicted molar refractivity (Wildman–Crippen MR) is 88.4 cm³/mol. The standard InChI is InChI=1S/C16H22ClN3O3/c1-23-14(11-18)10-15(21)19-5-7-20(8-6-19)16(22)12-3-2-4-13(17)9-12/h2-4,9,14H,5-8,10-11,18H2,1H3. The minimum absolute atomic E-state index is 0.0113. The molecule has 0 saturated carbocycles. The van der Waals surface area contributed by atoms with E-state index in [1.54, 1.807) is 41.2 Å². The normalized spacial score (nSPS) is 16.3. The summed E-state index contributed by atoms with van der Waals surface area (Å²) in [6, 6.07) is 6.90. The van der Waals surface area contributed by atoms with Crippen LogP contribution in [0.25, 0.3) is 0 Å². The third kappa shape index (κ3) is 4.67. The number of amides is 2. The number of carbonyl (C=O) groups excluding carboxylic acids is 2. The average Bonchev–Trinajstić information content (AvgIpc) is 2.59. The Labute approximate surface area is 141 Å². The fourth-order valence-corrected chi connectivity index (χ4v) is 2.74. The summed E-state index contributed by atoms with van der Waals surface area (Å²) in [6.07, 6.45) is 0.0171. The zero-order chi connectivity index (χ0) is 16.8. The Hall–Kier alpha value is -1.63. The number of methoxy groups -OCH3 is 1. The number of rotatable bonds is 5. The molecule has 2 amide bonds. The molecule has 1 aliphatic heterocycles. The molecule has 2 rings (SSSR count). The highest BCUT2D eigenvalue weighted by atomic mass is 35.5. The van der Waals surface area contributed by atoms with Crippen LogP contribution in [-0.2, 0) is 9.53 Å². The smallest absolute Gasteiger partial charge is 0.254 e. The molecule has 23 heavy (non-hydrogen) atoms. The minimum Gasteiger partial charge on any atom is -0.380 e. The van der Waals surface area contributed by atoms with E-state index in [9.17, 15) is 9.59 Å². The van der Waals surface area contributed by atoms with Crippen LogP contribution in [0, 0.1) is 0 Å². The molecule has 1 aromatic rings. The van der Waals surface area contributed by atoms with E-state index in [0.717, 1.165) is 0 Å². The topological polar surface area (TPSA) is 75.9 Å². The number of benzene rings is 1. The van der Waals surface area contributed by atoms with E-state index in [0.29, 0.717) is 43.3 Å². The number of carbonyl (C=O) groups is 2. The van der Waals surface area contributed by atoms with Crippen molar-refractivity contribution in [2.24, 2.45) is 5.73 Å². The average molecular weight is 340 g/mol. The van der Waals surface area contributed by atoms with E-state index in [1.807, 2.05) is 0 Å². The summed E-state index contributed by atoms with van der Waals surface area (Å²) in [5.41, 5.74) is 6.11. The molecule has 1 atom stereocenters. The molecule has 6 nitrogen and oxygen atoms in total. The lowest BCUT2D eigenvalue weighted by Crippen LogP contribution is -2.51. The monoisotopic (exact) mass is 339 g/mol. The zero-order valence-corrected chi connectivity index (χ0v) is 14.0. The molecule has 1 fully saturated rings. The fraction of sp³-hybridized carbons (Fsp3) is 0.500. The van der Waals surface area contributed by atoms with Gasteiger partial charge in [0, 0.05) is 50.4 Å². The number of ether oxygens (including phenoxy) is 1. The highest BCUT2D eigenvalue weighted by Crippen LogP contribution is 2.14. The first-order chi connectivity index (χ1) is 11.0. The molecule has 0 aromatic heterocycles. The van der Waals surface area contributed by atoms with Crippen LogP contribution in [0.2, 0.25) is 5.02 Å². The molecule has 0 spiro atoms. The number of halogens is 1. The molecular formula is C16H22ClN3O3. The van der Waals surface area contributed by atoms with E-state index in [1.165, 1.54) is 0 Å². The van der Waals surface area contributed by atoms with E-state index < -0.39 is 0 Å². The van der Waals surface area contributed by atoms with Gasteiger partial charge in [-0.15, -0.1) is 0 Å². The molecule has 7 heteroatoms. The Morgan fingerprint density at radius 3 is 2.48 bits per heavy atom. The van der Waals surface area contributed by atoms with Gasteiger partial charge in [0.05, 0.1) is 12.5 Å². The largest absolute Gasteiger partial charge is 0.380 e. The van der Waals surface area contributed by atoms with Gasteiger partial charge in [-0.3, -0.25) is 9.59 Å². The molecular weight excluding hydrogens is 318 g/mol. The maximum absolute atomic E-state index is 12.4. The number of hydrogen-bond donors (Lipinski definition) is 1. The van der Waals surface area contributed by atoms with Crippen LogP contribution in [0.3, 0.4) is 0 Å². The van der Waals surface area contributed by atoms with Crippen LogP contribution in [0.15, 0.2) is 24.3 Å². The van der Waals surface area contributed by atoms with Gasteiger partial charge < -0.3 is 20.3 Å². The molecule has 126 valence electrons. The van der Waals surface area contributed by atoms with Crippen LogP contribution < -0.4 is 5.73 Å². The second kappa shape index (κ2) is 8.29. The van der Waals surface area contributed by atoms with Gasteiger partial charge in [0.2, 0.25) is 5.91 Å². The van der Waals surface area contributed by atoms with Crippen molar-refractivity contribution in [2.45, 2.75) is 12.5 Å². The quantitative estimate of drug-likeness (QED) is 0.868. The summed E-state index contributed by atoms with van der Waals surface area (Å²) in [7, 11) is 1.55. The molecule has 1 saturated heterocycles. The van der Waals surface area contributed by atoms with Gasteiger partial charge in [0.1, 0.15) is 0 Å². The molecule has 0 radical (unpaired) electrons. The summed E-state index contributed by atoms with van der Waals surface area (Å²) in [6.45, 7) is 2.38. The van der Waals surface area contributed by atoms with Crippen molar-refractivity contribution in [1.29, 1.82) is 0 Å². The number of nitrogens with two attached hydrogens (primary N) is 1. The molecule has 1 aromatic carbocycles. The second-order valence-corrected chi connectivity index (χ2v) is 5.92. The number of nitrogens with zero attached hydrogens (tertiary/aromatic N) is 2. The fourth-order valence-electron chi connectivity index (χ4n) is 2.55. The van der Waals surface area contributed by atoms with E-state index >= 15 is 0 Å². The van der Waals surface area contributed by atoms with E-state index in [4.69, 9.17) is 22.1 Å². The number of piperazine rings is 1. The summed E-state index contributed by atoms with van der Waals surface area (Å²) < 4.78 is 5.14. The zero-order valence-electron chi connectivity index (χ0n) is 13.2. The lowest BCUT2D eigenvalue weighted by atomic mass is 10.1. The van der Waals surface area contributed by atoms with Crippen molar-refractivity contribution in [3.05, 3.63) is 34.9 Å². The van der Waals surface area contributed by atoms with Crippen LogP contribution in [-0.4, -0.2) is 67.6 Å². The SMILES string of the molecule is COC(CN)CC(=O)N1CCN(C(=O)c2cccc(Cl)c2)CC1. The molecule has 1 heterocycles. The molecule has 1 aliphatic rings. The Morgan fingerprint density at radius 1 is 1.26 bits per heavy atom. The second-order valence-electron chi connectivity index (χ2n) is 5.48. The third-order valence-electron chi connectivity index (χ3n) is 3.99. The van der Waals surface area contributed by atoms with Gasteiger partial charge in [-0.2, -0.15) is 0 Å². The molecule has 1 unspecified atom stereocenters. The summed E-state index contributed by atoms with van der Waals surface area (Å²) in [5.74, 6) is -0.0477. The Balaban J connectivity index is 1.88. The van der Waals surface area contributed by atoms with Crippen LogP contribution in [0.1, 0.15) is 16.8 Å². The Morgan fingerprint density at radius 2 is 1.91 bits per heavy atom.